The predicted molar refractivity (Wildman–Crippen MR) is 69.5 cm³/mol. The number of H-pyrrole nitrogens is 1. The molecule has 0 saturated carbocycles. The number of nitrogens with one attached hydrogen (secondary N) is 2. The van der Waals surface area contributed by atoms with E-state index in [0.717, 1.165) is 7.05 Å². The Bertz CT molecular complexity index is 790. The molecule has 0 fully saturated rings. The monoisotopic (exact) mass is 375 g/mol. The molecule has 0 unspecified atom stereocenters. The molecule has 6 nitrogen and oxygen atoms in total. The van der Waals surface area contributed by atoms with E-state index in [1.165, 1.54) is 6.92 Å². The fourth-order valence-electron chi connectivity index (χ4n) is 1.89. The summed E-state index contributed by atoms with van der Waals surface area (Å²) in [5.41, 5.74) is -4.51. The third-order valence-corrected chi connectivity index (χ3v) is 3.29. The maximum Gasteiger partial charge on any atom is 0.437 e. The minimum absolute atomic E-state index is 0.134. The zero-order valence-electron chi connectivity index (χ0n) is 11.9. The summed E-state index contributed by atoms with van der Waals surface area (Å²) in [6.45, 7) is 1.20. The molecule has 13 heteroatoms. The third-order valence-electron chi connectivity index (χ3n) is 2.93. The number of alkyl halides is 6. The Hall–Kier alpha value is -2.24. The zero-order chi connectivity index (χ0) is 18.4. The maximum atomic E-state index is 12.8. The molecule has 2 rings (SSSR count). The molecule has 0 spiro atoms. The summed E-state index contributed by atoms with van der Waals surface area (Å²) in [7, 11) is 1.00. The van der Waals surface area contributed by atoms with Gasteiger partial charge in [-0.05, 0) is 6.92 Å². The summed E-state index contributed by atoms with van der Waals surface area (Å²) in [5, 5.41) is 8.99. The summed E-state index contributed by atoms with van der Waals surface area (Å²) in [6, 6.07) is 0. The molecule has 132 valence electrons. The lowest BCUT2D eigenvalue weighted by atomic mass is 10.2. The van der Waals surface area contributed by atoms with Gasteiger partial charge in [-0.25, -0.2) is 0 Å². The number of halogens is 7. The van der Waals surface area contributed by atoms with E-state index in [1.54, 1.807) is 0 Å². The maximum absolute atomic E-state index is 12.8. The van der Waals surface area contributed by atoms with Crippen LogP contribution in [0.3, 0.4) is 0 Å². The van der Waals surface area contributed by atoms with E-state index in [2.05, 4.69) is 10.2 Å². The minimum Gasteiger partial charge on any atom is -0.317 e. The molecule has 0 saturated heterocycles. The molecular formula is C11H8ClF6N5O. The molecule has 1 amide bonds. The van der Waals surface area contributed by atoms with Crippen LogP contribution in [0, 0.1) is 6.92 Å². The van der Waals surface area contributed by atoms with E-state index in [-0.39, 0.29) is 5.69 Å². The number of hydrogen-bond donors (Lipinski definition) is 2. The lowest BCUT2D eigenvalue weighted by molar-refractivity contribution is -0.141. The van der Waals surface area contributed by atoms with Crippen molar-refractivity contribution >= 4 is 23.2 Å². The molecule has 0 aliphatic carbocycles. The second-order valence-electron chi connectivity index (χ2n) is 4.66. The summed E-state index contributed by atoms with van der Waals surface area (Å²) >= 11 is 5.51. The van der Waals surface area contributed by atoms with E-state index in [1.807, 2.05) is 10.4 Å². The average molecular weight is 376 g/mol. The van der Waals surface area contributed by atoms with Crippen LogP contribution in [-0.2, 0) is 19.4 Å². The number of carbonyl (C=O) groups is 1. The first-order valence-corrected chi connectivity index (χ1v) is 6.45. The SMILES string of the molecule is Cc1[nH]nc(C(F)(F)F)c1NC(=O)c1c(Cl)c(C(F)(F)F)nn1C. The summed E-state index contributed by atoms with van der Waals surface area (Å²) in [5.74, 6) is -1.29. The van der Waals surface area contributed by atoms with E-state index in [9.17, 15) is 31.1 Å². The van der Waals surface area contributed by atoms with E-state index < -0.39 is 46.1 Å². The molecule has 0 aliphatic rings. The topological polar surface area (TPSA) is 75.6 Å². The Morgan fingerprint density at radius 3 is 2.17 bits per heavy atom. The number of aromatic amines is 1. The molecule has 2 N–H and O–H groups in total. The van der Waals surface area contributed by atoms with Gasteiger partial charge in [0.1, 0.15) is 10.7 Å². The number of aryl methyl sites for hydroxylation is 2. The largest absolute Gasteiger partial charge is 0.437 e. The molecule has 0 aliphatic heterocycles. The molecule has 0 atom stereocenters. The first-order valence-electron chi connectivity index (χ1n) is 6.07. The highest BCUT2D eigenvalue weighted by molar-refractivity contribution is 6.34. The van der Waals surface area contributed by atoms with Gasteiger partial charge in [0, 0.05) is 7.05 Å². The van der Waals surface area contributed by atoms with Gasteiger partial charge in [-0.3, -0.25) is 14.6 Å². The zero-order valence-corrected chi connectivity index (χ0v) is 12.7. The molecular weight excluding hydrogens is 368 g/mol. The van der Waals surface area contributed by atoms with E-state index in [4.69, 9.17) is 11.6 Å². The van der Waals surface area contributed by atoms with Crippen LogP contribution in [0.4, 0.5) is 32.0 Å². The first kappa shape index (κ1) is 18.1. The number of hydrogen-bond acceptors (Lipinski definition) is 3. The van der Waals surface area contributed by atoms with Crippen LogP contribution in [-0.4, -0.2) is 25.9 Å². The van der Waals surface area contributed by atoms with Crippen LogP contribution in [0.15, 0.2) is 0 Å². The van der Waals surface area contributed by atoms with Gasteiger partial charge in [-0.1, -0.05) is 11.6 Å². The molecule has 2 heterocycles. The summed E-state index contributed by atoms with van der Waals surface area (Å²) < 4.78 is 77.1. The molecule has 0 aromatic carbocycles. The second kappa shape index (κ2) is 5.69. The van der Waals surface area contributed by atoms with Crippen LogP contribution >= 0.6 is 11.6 Å². The fraction of sp³-hybridized carbons (Fsp3) is 0.364. The van der Waals surface area contributed by atoms with Gasteiger partial charge < -0.3 is 5.32 Å². The molecule has 2 aromatic rings. The van der Waals surface area contributed by atoms with Crippen LogP contribution in [0.2, 0.25) is 5.02 Å². The standard InChI is InChI=1S/C11H8ClF6N5O/c1-3-5(8(21-20-3)11(16,17)18)19-9(24)6-4(12)7(10(13,14)15)22-23(6)2/h1-2H3,(H,19,24)(H,20,21). The predicted octanol–water partition coefficient (Wildman–Crippen LogP) is 3.39. The van der Waals surface area contributed by atoms with Gasteiger partial charge in [-0.15, -0.1) is 0 Å². The highest BCUT2D eigenvalue weighted by Gasteiger charge is 2.41. The number of rotatable bonds is 2. The van der Waals surface area contributed by atoms with Crippen molar-refractivity contribution in [2.75, 3.05) is 5.32 Å². The van der Waals surface area contributed by atoms with Gasteiger partial charge in [0.2, 0.25) is 0 Å². The normalized spacial score (nSPS) is 12.5. The molecule has 2 aromatic heterocycles. The van der Waals surface area contributed by atoms with Crippen LogP contribution in [0.5, 0.6) is 0 Å². The molecule has 24 heavy (non-hydrogen) atoms. The fourth-order valence-corrected chi connectivity index (χ4v) is 2.24. The Balaban J connectivity index is 2.43. The van der Waals surface area contributed by atoms with Crippen molar-refractivity contribution in [1.29, 1.82) is 0 Å². The number of aromatic nitrogens is 4. The van der Waals surface area contributed by atoms with Gasteiger partial charge in [0.25, 0.3) is 5.91 Å². The number of anilines is 1. The van der Waals surface area contributed by atoms with Gasteiger partial charge in [-0.2, -0.15) is 36.5 Å². The van der Waals surface area contributed by atoms with Crippen molar-refractivity contribution in [1.82, 2.24) is 20.0 Å². The average Bonchev–Trinajstić information content (AvgIpc) is 2.90. The molecule has 0 radical (unpaired) electrons. The number of amides is 1. The van der Waals surface area contributed by atoms with E-state index in [0.29, 0.717) is 4.68 Å². The Kier molecular flexibility index (Phi) is 4.29. The van der Waals surface area contributed by atoms with Crippen molar-refractivity contribution in [2.24, 2.45) is 7.05 Å². The second-order valence-corrected chi connectivity index (χ2v) is 5.03. The van der Waals surface area contributed by atoms with Crippen LogP contribution in [0.1, 0.15) is 27.6 Å². The number of carbonyl (C=O) groups excluding carboxylic acids is 1. The van der Waals surface area contributed by atoms with Gasteiger partial charge in [0.05, 0.1) is 11.4 Å². The van der Waals surface area contributed by atoms with E-state index >= 15 is 0 Å². The lowest BCUT2D eigenvalue weighted by Gasteiger charge is -2.09. The Morgan fingerprint density at radius 2 is 1.71 bits per heavy atom. The summed E-state index contributed by atoms with van der Waals surface area (Å²) in [4.78, 5) is 12.1. The van der Waals surface area contributed by atoms with Crippen molar-refractivity contribution in [2.45, 2.75) is 19.3 Å². The lowest BCUT2D eigenvalue weighted by Crippen LogP contribution is -2.19. The van der Waals surface area contributed by atoms with Gasteiger partial charge in [0.15, 0.2) is 11.4 Å². The van der Waals surface area contributed by atoms with Crippen molar-refractivity contribution in [3.05, 3.63) is 27.8 Å². The highest BCUT2D eigenvalue weighted by atomic mass is 35.5. The number of nitrogens with zero attached hydrogens (tertiary/aromatic N) is 3. The van der Waals surface area contributed by atoms with Crippen molar-refractivity contribution in [3.8, 4) is 0 Å². The van der Waals surface area contributed by atoms with Crippen LogP contribution in [0.25, 0.3) is 0 Å². The summed E-state index contributed by atoms with van der Waals surface area (Å²) in [6.07, 6.45) is -9.79. The van der Waals surface area contributed by atoms with Crippen molar-refractivity contribution < 1.29 is 31.1 Å². The Labute approximate surface area is 134 Å². The van der Waals surface area contributed by atoms with Gasteiger partial charge >= 0.3 is 12.4 Å². The first-order chi connectivity index (χ1) is 10.8. The smallest absolute Gasteiger partial charge is 0.317 e. The van der Waals surface area contributed by atoms with Crippen molar-refractivity contribution in [3.63, 3.8) is 0 Å². The third kappa shape index (κ3) is 3.18. The molecule has 0 bridgehead atoms. The minimum atomic E-state index is -4.92. The van der Waals surface area contributed by atoms with Crippen LogP contribution < -0.4 is 5.32 Å². The Morgan fingerprint density at radius 1 is 1.17 bits per heavy atom. The quantitative estimate of drug-likeness (QED) is 0.790. The highest BCUT2D eigenvalue weighted by Crippen LogP contribution is 2.37.